The fourth-order valence-corrected chi connectivity index (χ4v) is 3.34. The molecule has 1 fully saturated rings. The van der Waals surface area contributed by atoms with Crippen LogP contribution < -0.4 is 14.2 Å². The second-order valence-corrected chi connectivity index (χ2v) is 6.98. The number of likely N-dealkylation sites (tertiary alicyclic amines) is 1. The van der Waals surface area contributed by atoms with Crippen LogP contribution in [0.4, 0.5) is 4.39 Å². The molecule has 172 valence electrons. The van der Waals surface area contributed by atoms with Gasteiger partial charge in [-0.15, -0.1) is 0 Å². The van der Waals surface area contributed by atoms with Gasteiger partial charge in [0.25, 0.3) is 0 Å². The predicted octanol–water partition coefficient (Wildman–Crippen LogP) is 5.22. The lowest BCUT2D eigenvalue weighted by Gasteiger charge is -2.16. The number of aryl methyl sites for hydroxylation is 1. The van der Waals surface area contributed by atoms with Crippen LogP contribution in [0.25, 0.3) is 21.8 Å². The summed E-state index contributed by atoms with van der Waals surface area (Å²) >= 11 is 0. The Kier molecular flexibility index (Phi) is 3.26. The highest BCUT2D eigenvalue weighted by atomic mass is 19.1. The average Bonchev–Trinajstić information content (AvgIpc) is 3.35. The van der Waals surface area contributed by atoms with E-state index in [4.69, 9.17) is 30.7 Å². The van der Waals surface area contributed by atoms with Crippen LogP contribution in [0, 0.1) is 12.7 Å². The number of halogens is 1. The minimum atomic E-state index is -3.65. The maximum atomic E-state index is 15.2. The van der Waals surface area contributed by atoms with E-state index in [0.29, 0.717) is 10.9 Å². The third-order valence-electron chi connectivity index (χ3n) is 4.82. The summed E-state index contributed by atoms with van der Waals surface area (Å²) in [5.41, 5.74) is 1.50. The molecule has 4 aromatic rings. The number of rotatable bonds is 8. The van der Waals surface area contributed by atoms with Crippen LogP contribution in [0.3, 0.4) is 0 Å². The number of fused-ring (bicyclic) bond motifs is 2. The van der Waals surface area contributed by atoms with Gasteiger partial charge in [0, 0.05) is 45.6 Å². The number of benzene rings is 2. The van der Waals surface area contributed by atoms with Crippen LogP contribution in [-0.2, 0) is 0 Å². The van der Waals surface area contributed by atoms with E-state index in [2.05, 4.69) is 15.0 Å². The lowest BCUT2D eigenvalue weighted by molar-refractivity contribution is 0.254. The van der Waals surface area contributed by atoms with Gasteiger partial charge in [-0.1, -0.05) is 0 Å². The molecule has 8 heteroatoms. The Bertz CT molecular complexity index is 1770. The molecule has 2 aromatic carbocycles. The number of nitrogens with zero attached hydrogens (tertiary/aromatic N) is 3. The highest BCUT2D eigenvalue weighted by Gasteiger charge is 2.17. The molecule has 1 aliphatic rings. The zero-order valence-electron chi connectivity index (χ0n) is 29.6. The molecule has 0 saturated carbocycles. The summed E-state index contributed by atoms with van der Waals surface area (Å²) in [7, 11) is 1.26. The van der Waals surface area contributed by atoms with E-state index in [9.17, 15) is 0 Å². The minimum Gasteiger partial charge on any atom is -0.493 e. The van der Waals surface area contributed by atoms with Crippen LogP contribution >= 0.6 is 0 Å². The summed E-state index contributed by atoms with van der Waals surface area (Å²) in [6.07, 6.45) is -9.26. The number of aromatic amines is 1. The van der Waals surface area contributed by atoms with Gasteiger partial charge in [0.15, 0.2) is 23.1 Å². The van der Waals surface area contributed by atoms with E-state index in [-0.39, 0.29) is 34.0 Å². The van der Waals surface area contributed by atoms with Gasteiger partial charge in [-0.2, -0.15) is 0 Å². The number of H-pyrrole nitrogens is 1. The molecule has 1 aliphatic heterocycles. The number of nitrogens with one attached hydrogen (secondary N) is 1. The van der Waals surface area contributed by atoms with Crippen LogP contribution in [0.5, 0.6) is 23.1 Å². The van der Waals surface area contributed by atoms with Gasteiger partial charge in [-0.25, -0.2) is 14.4 Å². The largest absolute Gasteiger partial charge is 0.493 e. The molecular weight excluding hydrogens is 423 g/mol. The van der Waals surface area contributed by atoms with Crippen molar-refractivity contribution in [1.29, 1.82) is 0 Å². The van der Waals surface area contributed by atoms with Gasteiger partial charge in [-0.3, -0.25) is 0 Å². The van der Waals surface area contributed by atoms with Crippen molar-refractivity contribution in [1.82, 2.24) is 19.9 Å². The van der Waals surface area contributed by atoms with Crippen molar-refractivity contribution < 1.29 is 35.1 Å². The second kappa shape index (κ2) is 9.23. The molecule has 7 nitrogen and oxygen atoms in total. The normalized spacial score (nSPS) is 26.6. The molecule has 0 bridgehead atoms. The van der Waals surface area contributed by atoms with Gasteiger partial charge in [0.1, 0.15) is 6.33 Å². The van der Waals surface area contributed by atoms with Crippen LogP contribution in [0.1, 0.15) is 41.3 Å². The van der Waals surface area contributed by atoms with E-state index in [1.807, 2.05) is 0 Å². The van der Waals surface area contributed by atoms with E-state index in [0.717, 1.165) is 12.0 Å². The van der Waals surface area contributed by atoms with Gasteiger partial charge >= 0.3 is 0 Å². The number of methoxy groups -OCH3 is 1. The van der Waals surface area contributed by atoms with Crippen molar-refractivity contribution in [2.75, 3.05) is 33.2 Å². The summed E-state index contributed by atoms with van der Waals surface area (Å²) in [4.78, 5) is 10.9. The Hall–Kier alpha value is -3.39. The first-order valence-electron chi connectivity index (χ1n) is 15.8. The van der Waals surface area contributed by atoms with Crippen LogP contribution in [0.2, 0.25) is 0 Å². The first kappa shape index (κ1) is 11.7. The van der Waals surface area contributed by atoms with Crippen molar-refractivity contribution in [3.63, 3.8) is 0 Å². The third-order valence-corrected chi connectivity index (χ3v) is 4.82. The van der Waals surface area contributed by atoms with E-state index in [1.54, 1.807) is 19.1 Å². The first-order valence-corrected chi connectivity index (χ1v) is 9.83. The standard InChI is InChI=1S/C25H27FN4O3/c1-16-12-17-19(29-16)6-7-21(24(17)26)33-25-18-13-22(31-2)23(14-20(18)27-15-28-25)32-11-5-10-30-8-3-4-9-30/h6-7,12-15,29H,3-5,8-11H2,1-2H3/i3D2,4D2,5D2,8D2,9D2,10D2. The lowest BCUT2D eigenvalue weighted by Crippen LogP contribution is -2.21. The van der Waals surface area contributed by atoms with Gasteiger partial charge in [-0.05, 0) is 63.3 Å². The Morgan fingerprint density at radius 3 is 2.79 bits per heavy atom. The second-order valence-electron chi connectivity index (χ2n) is 6.98. The van der Waals surface area contributed by atoms with E-state index >= 15 is 4.39 Å². The van der Waals surface area contributed by atoms with E-state index < -0.39 is 55.9 Å². The maximum Gasteiger partial charge on any atom is 0.230 e. The first-order chi connectivity index (χ1) is 20.6. The highest BCUT2D eigenvalue weighted by molar-refractivity contribution is 5.87. The Morgan fingerprint density at radius 1 is 1.12 bits per heavy atom. The third kappa shape index (κ3) is 4.43. The van der Waals surface area contributed by atoms with Crippen molar-refractivity contribution in [3.8, 4) is 23.1 Å². The van der Waals surface area contributed by atoms with E-state index in [1.165, 1.54) is 25.3 Å². The molecule has 33 heavy (non-hydrogen) atoms. The van der Waals surface area contributed by atoms with Crippen LogP contribution in [-0.4, -0.2) is 53.1 Å². The molecule has 0 spiro atoms. The molecule has 2 aromatic heterocycles. The Balaban J connectivity index is 1.46. The summed E-state index contributed by atoms with van der Waals surface area (Å²) in [6.45, 7) is -10.3. The molecule has 0 radical (unpaired) electrons. The quantitative estimate of drug-likeness (QED) is 0.387. The monoisotopic (exact) mass is 462 g/mol. The van der Waals surface area contributed by atoms with Crippen molar-refractivity contribution in [2.45, 2.75) is 26.0 Å². The summed E-state index contributed by atoms with van der Waals surface area (Å²) < 4.78 is 130. The smallest absolute Gasteiger partial charge is 0.230 e. The SMILES string of the molecule is [2H]C([2H])(COc1cc2ncnc(Oc3ccc4[nH]c(C)cc4c3F)c2cc1OC)C([2H])([2H])N1C([2H])([2H])C([2H])([2H])C([2H])([2H])C1([2H])[2H]. The Morgan fingerprint density at radius 2 is 1.97 bits per heavy atom. The molecule has 0 amide bonds. The number of hydrogen-bond donors (Lipinski definition) is 1. The van der Waals surface area contributed by atoms with Crippen molar-refractivity contribution >= 4 is 21.8 Å². The van der Waals surface area contributed by atoms with Crippen LogP contribution in [0.15, 0.2) is 36.7 Å². The molecule has 0 atom stereocenters. The zero-order chi connectivity index (χ0) is 33.5. The molecule has 1 saturated heterocycles. The Labute approximate surface area is 208 Å². The molecule has 0 unspecified atom stereocenters. The summed E-state index contributed by atoms with van der Waals surface area (Å²) in [5, 5.41) is 0.556. The summed E-state index contributed by atoms with van der Waals surface area (Å²) in [6, 6.07) is 7.34. The predicted molar refractivity (Wildman–Crippen MR) is 125 cm³/mol. The van der Waals surface area contributed by atoms with Gasteiger partial charge < -0.3 is 24.1 Å². The minimum absolute atomic E-state index is 0.0322. The molecule has 3 heterocycles. The number of ether oxygens (including phenoxy) is 3. The number of hydrogen-bond acceptors (Lipinski definition) is 6. The highest BCUT2D eigenvalue weighted by Crippen LogP contribution is 2.37. The fourth-order valence-electron chi connectivity index (χ4n) is 3.34. The summed E-state index contributed by atoms with van der Waals surface area (Å²) in [5.74, 6) is -0.992. The van der Waals surface area contributed by atoms with Crippen molar-refractivity contribution in [3.05, 3.63) is 48.2 Å². The topological polar surface area (TPSA) is 72.5 Å². The molecule has 5 rings (SSSR count). The van der Waals surface area contributed by atoms with Gasteiger partial charge in [0.05, 0.1) is 24.6 Å². The van der Waals surface area contributed by atoms with Crippen molar-refractivity contribution in [2.24, 2.45) is 0 Å². The molecule has 0 aliphatic carbocycles. The fraction of sp³-hybridized carbons (Fsp3) is 0.360. The average molecular weight is 463 g/mol. The lowest BCUT2D eigenvalue weighted by atomic mass is 10.2. The molecular formula is C25H27FN4O3. The van der Waals surface area contributed by atoms with Gasteiger partial charge in [0.2, 0.25) is 5.88 Å². The zero-order valence-corrected chi connectivity index (χ0v) is 17.6. The maximum absolute atomic E-state index is 15.2. The molecule has 1 N–H and O–H groups in total. The number of aromatic nitrogens is 3.